The maximum atomic E-state index is 13.2. The number of hydrogen-bond acceptors (Lipinski definition) is 5. The Labute approximate surface area is 180 Å². The molecule has 1 fully saturated rings. The molecule has 1 aromatic heterocycles. The van der Waals surface area contributed by atoms with Gasteiger partial charge in [0.05, 0.1) is 24.5 Å². The summed E-state index contributed by atoms with van der Waals surface area (Å²) in [6.45, 7) is 5.61. The molecule has 0 radical (unpaired) electrons. The minimum absolute atomic E-state index is 0.0356. The number of Topliss-reactive ketones (excluding diaryl/α,β-unsaturated/α-hetero) is 1. The Morgan fingerprint density at radius 3 is 2.42 bits per heavy atom. The van der Waals surface area contributed by atoms with Gasteiger partial charge in [-0.15, -0.1) is 0 Å². The smallest absolute Gasteiger partial charge is 0.300 e. The van der Waals surface area contributed by atoms with Crippen LogP contribution >= 0.6 is 0 Å². The largest absolute Gasteiger partial charge is 0.507 e. The molecular weight excluding hydrogens is 394 g/mol. The van der Waals surface area contributed by atoms with E-state index in [-0.39, 0.29) is 11.3 Å². The van der Waals surface area contributed by atoms with Gasteiger partial charge in [-0.25, -0.2) is 0 Å². The number of aliphatic hydroxyl groups is 1. The lowest BCUT2D eigenvalue weighted by Gasteiger charge is -2.25. The molecule has 6 nitrogen and oxygen atoms in total. The van der Waals surface area contributed by atoms with E-state index in [1.165, 1.54) is 18.3 Å². The molecule has 0 spiro atoms. The summed E-state index contributed by atoms with van der Waals surface area (Å²) in [5, 5.41) is 11.3. The van der Waals surface area contributed by atoms with Gasteiger partial charge in [-0.3, -0.25) is 14.5 Å². The van der Waals surface area contributed by atoms with Crippen molar-refractivity contribution in [3.05, 3.63) is 88.4 Å². The van der Waals surface area contributed by atoms with Crippen LogP contribution in [-0.4, -0.2) is 23.9 Å². The Morgan fingerprint density at radius 1 is 1.03 bits per heavy atom. The van der Waals surface area contributed by atoms with Crippen molar-refractivity contribution in [3.8, 4) is 5.75 Å². The number of hydrogen-bond donors (Lipinski definition) is 1. The zero-order chi connectivity index (χ0) is 22.3. The third-order valence-corrected chi connectivity index (χ3v) is 5.51. The molecule has 2 aromatic carbocycles. The minimum Gasteiger partial charge on any atom is -0.507 e. The van der Waals surface area contributed by atoms with E-state index >= 15 is 0 Å². The molecule has 1 aliphatic rings. The maximum Gasteiger partial charge on any atom is 0.300 e. The normalized spacial score (nSPS) is 17.9. The molecule has 158 valence electrons. The van der Waals surface area contributed by atoms with Crippen LogP contribution in [0.4, 0.5) is 5.69 Å². The molecule has 4 rings (SSSR count). The van der Waals surface area contributed by atoms with Crippen molar-refractivity contribution in [1.29, 1.82) is 0 Å². The first-order chi connectivity index (χ1) is 14.8. The van der Waals surface area contributed by atoms with Gasteiger partial charge in [0.15, 0.2) is 0 Å². The molecule has 2 heterocycles. The van der Waals surface area contributed by atoms with Crippen LogP contribution in [-0.2, 0) is 9.59 Å². The first-order valence-corrected chi connectivity index (χ1v) is 9.90. The highest BCUT2D eigenvalue weighted by molar-refractivity contribution is 6.51. The minimum atomic E-state index is -0.901. The second-order valence-electron chi connectivity index (χ2n) is 7.63. The van der Waals surface area contributed by atoms with E-state index < -0.39 is 17.7 Å². The molecule has 6 heteroatoms. The number of aliphatic hydroxyl groups excluding tert-OH is 1. The molecule has 1 amide bonds. The van der Waals surface area contributed by atoms with E-state index in [2.05, 4.69) is 0 Å². The van der Waals surface area contributed by atoms with E-state index in [1.807, 2.05) is 39.0 Å². The lowest BCUT2D eigenvalue weighted by atomic mass is 9.96. The number of amides is 1. The quantitative estimate of drug-likeness (QED) is 0.373. The number of ether oxygens (including phenoxy) is 1. The Hall–Kier alpha value is -3.80. The average molecular weight is 417 g/mol. The second-order valence-corrected chi connectivity index (χ2v) is 7.63. The summed E-state index contributed by atoms with van der Waals surface area (Å²) in [5.41, 5.74) is 3.43. The van der Waals surface area contributed by atoms with E-state index in [0.717, 1.165) is 16.7 Å². The van der Waals surface area contributed by atoms with E-state index in [9.17, 15) is 14.7 Å². The third kappa shape index (κ3) is 3.30. The predicted molar refractivity (Wildman–Crippen MR) is 117 cm³/mol. The standard InChI is InChI=1S/C25H23NO5/c1-14-12-16(3)24(30-4)17(13-14)22(27)20-21(19-10-7-11-31-19)26(25(29)23(20)28)18-9-6-5-8-15(18)2/h5-13,21,27H,1-4H3/b22-20-. The molecule has 1 N–H and O–H groups in total. The highest BCUT2D eigenvalue weighted by Gasteiger charge is 2.48. The number of rotatable bonds is 4. The molecule has 0 bridgehead atoms. The number of carbonyl (C=O) groups excluding carboxylic acids is 2. The van der Waals surface area contributed by atoms with Gasteiger partial charge in [-0.05, 0) is 61.7 Å². The zero-order valence-electron chi connectivity index (χ0n) is 17.8. The number of ketones is 1. The summed E-state index contributed by atoms with van der Waals surface area (Å²) < 4.78 is 11.1. The third-order valence-electron chi connectivity index (χ3n) is 5.51. The van der Waals surface area contributed by atoms with Gasteiger partial charge >= 0.3 is 0 Å². The summed E-state index contributed by atoms with van der Waals surface area (Å²) in [5.74, 6) is -0.959. The molecule has 1 saturated heterocycles. The fraction of sp³-hybridized carbons (Fsp3) is 0.200. The Balaban J connectivity index is 2.00. The van der Waals surface area contributed by atoms with Crippen molar-refractivity contribution < 1.29 is 23.8 Å². The highest BCUT2D eigenvalue weighted by Crippen LogP contribution is 2.44. The molecule has 0 saturated carbocycles. The van der Waals surface area contributed by atoms with Crippen LogP contribution in [0.2, 0.25) is 0 Å². The van der Waals surface area contributed by atoms with Gasteiger partial charge in [0.1, 0.15) is 23.3 Å². The summed E-state index contributed by atoms with van der Waals surface area (Å²) in [6.07, 6.45) is 1.48. The lowest BCUT2D eigenvalue weighted by Crippen LogP contribution is -2.29. The summed E-state index contributed by atoms with van der Waals surface area (Å²) in [6, 6.07) is 13.4. The Morgan fingerprint density at radius 2 is 1.77 bits per heavy atom. The van der Waals surface area contributed by atoms with Gasteiger partial charge in [-0.1, -0.05) is 24.3 Å². The van der Waals surface area contributed by atoms with Crippen LogP contribution < -0.4 is 9.64 Å². The Bertz CT molecular complexity index is 1210. The number of nitrogens with zero attached hydrogens (tertiary/aromatic N) is 1. The highest BCUT2D eigenvalue weighted by atomic mass is 16.5. The summed E-state index contributed by atoms with van der Waals surface area (Å²) in [4.78, 5) is 27.7. The molecule has 0 aliphatic carbocycles. The van der Waals surface area contributed by atoms with Gasteiger partial charge < -0.3 is 14.3 Å². The first kappa shape index (κ1) is 20.5. The van der Waals surface area contributed by atoms with Crippen molar-refractivity contribution >= 4 is 23.1 Å². The maximum absolute atomic E-state index is 13.2. The van der Waals surface area contributed by atoms with Crippen LogP contribution in [0, 0.1) is 20.8 Å². The van der Waals surface area contributed by atoms with Crippen LogP contribution in [0.25, 0.3) is 5.76 Å². The zero-order valence-corrected chi connectivity index (χ0v) is 17.8. The summed E-state index contributed by atoms with van der Waals surface area (Å²) in [7, 11) is 1.50. The fourth-order valence-corrected chi connectivity index (χ4v) is 4.18. The lowest BCUT2D eigenvalue weighted by molar-refractivity contribution is -0.132. The molecule has 31 heavy (non-hydrogen) atoms. The van der Waals surface area contributed by atoms with Crippen molar-refractivity contribution in [2.24, 2.45) is 0 Å². The number of benzene rings is 2. The number of furan rings is 1. The van der Waals surface area contributed by atoms with E-state index in [1.54, 1.807) is 30.3 Å². The SMILES string of the molecule is COc1c(C)cc(C)cc1/C(O)=C1/C(=O)C(=O)N(c2ccccc2C)C1c1ccco1. The van der Waals surface area contributed by atoms with Crippen molar-refractivity contribution in [2.75, 3.05) is 12.0 Å². The predicted octanol–water partition coefficient (Wildman–Crippen LogP) is 4.84. The van der Waals surface area contributed by atoms with Gasteiger partial charge in [0.25, 0.3) is 11.7 Å². The van der Waals surface area contributed by atoms with Crippen LogP contribution in [0.1, 0.15) is 34.1 Å². The molecule has 1 aliphatic heterocycles. The number of anilines is 1. The van der Waals surface area contributed by atoms with E-state index in [4.69, 9.17) is 9.15 Å². The fourth-order valence-electron chi connectivity index (χ4n) is 4.18. The first-order valence-electron chi connectivity index (χ1n) is 9.90. The van der Waals surface area contributed by atoms with Gasteiger partial charge in [0, 0.05) is 5.69 Å². The Kier molecular flexibility index (Phi) is 5.15. The molecular formula is C25H23NO5. The van der Waals surface area contributed by atoms with E-state index in [0.29, 0.717) is 22.8 Å². The van der Waals surface area contributed by atoms with Crippen molar-refractivity contribution in [2.45, 2.75) is 26.8 Å². The number of aryl methyl sites for hydroxylation is 3. The monoisotopic (exact) mass is 417 g/mol. The van der Waals surface area contributed by atoms with Crippen LogP contribution in [0.15, 0.2) is 64.8 Å². The van der Waals surface area contributed by atoms with Crippen LogP contribution in [0.3, 0.4) is 0 Å². The second kappa shape index (κ2) is 7.80. The van der Waals surface area contributed by atoms with Crippen molar-refractivity contribution in [1.82, 2.24) is 0 Å². The molecule has 1 atom stereocenters. The van der Waals surface area contributed by atoms with Gasteiger partial charge in [0.2, 0.25) is 0 Å². The summed E-state index contributed by atoms with van der Waals surface area (Å²) >= 11 is 0. The molecule has 1 unspecified atom stereocenters. The van der Waals surface area contributed by atoms with Crippen molar-refractivity contribution in [3.63, 3.8) is 0 Å². The number of para-hydroxylation sites is 1. The number of carbonyl (C=O) groups is 2. The topological polar surface area (TPSA) is 80.0 Å². The van der Waals surface area contributed by atoms with Gasteiger partial charge in [-0.2, -0.15) is 0 Å². The number of methoxy groups -OCH3 is 1. The van der Waals surface area contributed by atoms with Crippen LogP contribution in [0.5, 0.6) is 5.75 Å². The molecule has 3 aromatic rings. The average Bonchev–Trinajstić information content (AvgIpc) is 3.35.